The van der Waals surface area contributed by atoms with Crippen LogP contribution >= 0.6 is 0 Å². The van der Waals surface area contributed by atoms with Crippen LogP contribution in [0.3, 0.4) is 0 Å². The predicted octanol–water partition coefficient (Wildman–Crippen LogP) is 0.430. The van der Waals surface area contributed by atoms with Crippen LogP contribution in [0.4, 0.5) is 0 Å². The number of rotatable bonds is 7. The van der Waals surface area contributed by atoms with Gasteiger partial charge < -0.3 is 4.74 Å². The molecular weight excluding hydrogens is 318 g/mol. The fourth-order valence-electron chi connectivity index (χ4n) is 2.96. The Bertz CT molecular complexity index is 653. The van der Waals surface area contributed by atoms with Crippen LogP contribution in [0.15, 0.2) is 0 Å². The third kappa shape index (κ3) is 3.42. The molecule has 9 heteroatoms. The van der Waals surface area contributed by atoms with Gasteiger partial charge in [-0.2, -0.15) is 17.0 Å². The molecule has 0 bridgehead atoms. The zero-order valence-electron chi connectivity index (χ0n) is 14.0. The first-order valence-corrected chi connectivity index (χ1v) is 9.50. The highest BCUT2D eigenvalue weighted by Crippen LogP contribution is 2.34. The van der Waals surface area contributed by atoms with Crippen molar-refractivity contribution in [2.75, 3.05) is 33.9 Å². The Balaban J connectivity index is 1.88. The number of aromatic nitrogens is 3. The van der Waals surface area contributed by atoms with Gasteiger partial charge in [0.1, 0.15) is 5.69 Å². The average Bonchev–Trinajstić information content (AvgIpc) is 3.23. The molecule has 1 aromatic heterocycles. The van der Waals surface area contributed by atoms with Crippen molar-refractivity contribution in [1.82, 2.24) is 23.6 Å². The molecule has 0 saturated heterocycles. The summed E-state index contributed by atoms with van der Waals surface area (Å²) in [6.45, 7) is 4.61. The van der Waals surface area contributed by atoms with Gasteiger partial charge in [0.25, 0.3) is 10.2 Å². The van der Waals surface area contributed by atoms with E-state index in [0.717, 1.165) is 17.9 Å². The van der Waals surface area contributed by atoms with Crippen molar-refractivity contribution in [3.8, 4) is 0 Å². The van der Waals surface area contributed by atoms with Crippen LogP contribution in [-0.4, -0.2) is 65.9 Å². The minimum Gasteiger partial charge on any atom is -0.381 e. The first-order chi connectivity index (χ1) is 10.9. The van der Waals surface area contributed by atoms with Gasteiger partial charge in [-0.25, -0.2) is 4.68 Å². The van der Waals surface area contributed by atoms with Crippen molar-refractivity contribution in [2.24, 2.45) is 5.92 Å². The topological polar surface area (TPSA) is 80.6 Å². The standard InChI is InChI=1S/C14H25N5O3S/c1-4-22-10-12-8-18(23(20,21)17(2)3)9-13-14(12)19(16-15-13)7-11-5-6-11/h11-12H,4-10H2,1-3H3/t12-/m0/s1. The molecule has 0 amide bonds. The zero-order valence-corrected chi connectivity index (χ0v) is 14.8. The molecule has 1 saturated carbocycles. The summed E-state index contributed by atoms with van der Waals surface area (Å²) in [4.78, 5) is 0. The molecule has 3 rings (SSSR count). The summed E-state index contributed by atoms with van der Waals surface area (Å²) >= 11 is 0. The van der Waals surface area contributed by atoms with E-state index in [1.54, 1.807) is 14.1 Å². The van der Waals surface area contributed by atoms with Crippen LogP contribution in [0.5, 0.6) is 0 Å². The molecule has 0 radical (unpaired) electrons. The number of hydrogen-bond acceptors (Lipinski definition) is 5. The molecule has 23 heavy (non-hydrogen) atoms. The van der Waals surface area contributed by atoms with Crippen LogP contribution in [0.1, 0.15) is 37.1 Å². The second kappa shape index (κ2) is 6.46. The summed E-state index contributed by atoms with van der Waals surface area (Å²) < 4.78 is 35.2. The highest BCUT2D eigenvalue weighted by molar-refractivity contribution is 7.86. The van der Waals surface area contributed by atoms with E-state index in [2.05, 4.69) is 10.3 Å². The van der Waals surface area contributed by atoms with Crippen LogP contribution in [-0.2, 0) is 28.0 Å². The summed E-state index contributed by atoms with van der Waals surface area (Å²) in [6, 6.07) is 0. The van der Waals surface area contributed by atoms with Crippen molar-refractivity contribution in [3.63, 3.8) is 0 Å². The highest BCUT2D eigenvalue weighted by atomic mass is 32.2. The summed E-state index contributed by atoms with van der Waals surface area (Å²) in [5.41, 5.74) is 1.81. The SMILES string of the molecule is CCOC[C@@H]1CN(S(=O)(=O)N(C)C)Cc2nnn(CC3CC3)c21. The lowest BCUT2D eigenvalue weighted by atomic mass is 10.0. The van der Waals surface area contributed by atoms with Crippen LogP contribution in [0, 0.1) is 5.92 Å². The molecule has 0 spiro atoms. The maximum atomic E-state index is 12.5. The fraction of sp³-hybridized carbons (Fsp3) is 0.857. The minimum absolute atomic E-state index is 0.0258. The van der Waals surface area contributed by atoms with Crippen LogP contribution in [0.25, 0.3) is 0 Å². The van der Waals surface area contributed by atoms with E-state index >= 15 is 0 Å². The van der Waals surface area contributed by atoms with Crippen LogP contribution < -0.4 is 0 Å². The Morgan fingerprint density at radius 1 is 1.35 bits per heavy atom. The van der Waals surface area contributed by atoms with Gasteiger partial charge in [0.05, 0.1) is 18.8 Å². The Morgan fingerprint density at radius 3 is 2.70 bits per heavy atom. The molecule has 2 heterocycles. The smallest absolute Gasteiger partial charge is 0.281 e. The monoisotopic (exact) mass is 343 g/mol. The predicted molar refractivity (Wildman–Crippen MR) is 85.0 cm³/mol. The van der Waals surface area contributed by atoms with Crippen molar-refractivity contribution >= 4 is 10.2 Å². The van der Waals surface area contributed by atoms with E-state index in [-0.39, 0.29) is 12.5 Å². The van der Waals surface area contributed by atoms with Gasteiger partial charge in [-0.05, 0) is 25.7 Å². The van der Waals surface area contributed by atoms with Gasteiger partial charge >= 0.3 is 0 Å². The average molecular weight is 343 g/mol. The third-order valence-electron chi connectivity index (χ3n) is 4.42. The number of ether oxygens (including phenoxy) is 1. The van der Waals surface area contributed by atoms with Gasteiger partial charge in [0.15, 0.2) is 0 Å². The summed E-state index contributed by atoms with van der Waals surface area (Å²) in [6.07, 6.45) is 2.48. The summed E-state index contributed by atoms with van der Waals surface area (Å²) in [5.74, 6) is 0.666. The number of nitrogens with zero attached hydrogens (tertiary/aromatic N) is 5. The van der Waals surface area contributed by atoms with E-state index in [1.807, 2.05) is 11.6 Å². The molecule has 1 aromatic rings. The van der Waals surface area contributed by atoms with E-state index in [0.29, 0.717) is 25.7 Å². The first-order valence-electron chi connectivity index (χ1n) is 8.11. The lowest BCUT2D eigenvalue weighted by Crippen LogP contribution is -2.45. The quantitative estimate of drug-likeness (QED) is 0.717. The van der Waals surface area contributed by atoms with Gasteiger partial charge in [-0.1, -0.05) is 5.21 Å². The van der Waals surface area contributed by atoms with Crippen LogP contribution in [0.2, 0.25) is 0 Å². The van der Waals surface area contributed by atoms with E-state index in [1.165, 1.54) is 21.5 Å². The molecular formula is C14H25N5O3S. The minimum atomic E-state index is -3.47. The largest absolute Gasteiger partial charge is 0.381 e. The number of hydrogen-bond donors (Lipinski definition) is 0. The van der Waals surface area contributed by atoms with E-state index < -0.39 is 10.2 Å². The Hall–Kier alpha value is -1.03. The molecule has 0 unspecified atom stereocenters. The normalized spacial score (nSPS) is 22.5. The highest BCUT2D eigenvalue weighted by Gasteiger charge is 2.38. The second-order valence-corrected chi connectivity index (χ2v) is 8.63. The first kappa shape index (κ1) is 16.8. The zero-order chi connectivity index (χ0) is 16.6. The fourth-order valence-corrected chi connectivity index (χ4v) is 4.07. The van der Waals surface area contributed by atoms with Crippen molar-refractivity contribution in [2.45, 2.75) is 38.8 Å². The molecule has 8 nitrogen and oxygen atoms in total. The summed E-state index contributed by atoms with van der Waals surface area (Å²) in [5, 5.41) is 8.53. The maximum Gasteiger partial charge on any atom is 0.281 e. The molecule has 1 aliphatic heterocycles. The van der Waals surface area contributed by atoms with Gasteiger partial charge in [-0.15, -0.1) is 5.10 Å². The molecule has 1 aliphatic carbocycles. The van der Waals surface area contributed by atoms with Crippen molar-refractivity contribution < 1.29 is 13.2 Å². The Labute approximate surface area is 137 Å². The maximum absolute atomic E-state index is 12.5. The van der Waals surface area contributed by atoms with Crippen molar-refractivity contribution in [1.29, 1.82) is 0 Å². The summed E-state index contributed by atoms with van der Waals surface area (Å²) in [7, 11) is -0.372. The molecule has 2 aliphatic rings. The number of fused-ring (bicyclic) bond motifs is 1. The van der Waals surface area contributed by atoms with Gasteiger partial charge in [0.2, 0.25) is 0 Å². The lowest BCUT2D eigenvalue weighted by Gasteiger charge is -2.33. The Morgan fingerprint density at radius 2 is 2.09 bits per heavy atom. The Kier molecular flexibility index (Phi) is 4.73. The van der Waals surface area contributed by atoms with E-state index in [9.17, 15) is 8.42 Å². The molecule has 0 aromatic carbocycles. The van der Waals surface area contributed by atoms with Gasteiger partial charge in [-0.3, -0.25) is 0 Å². The second-order valence-electron chi connectivity index (χ2n) is 6.49. The molecule has 0 N–H and O–H groups in total. The third-order valence-corrected chi connectivity index (χ3v) is 6.28. The van der Waals surface area contributed by atoms with Gasteiger partial charge in [0, 0.05) is 39.7 Å². The molecule has 130 valence electrons. The van der Waals surface area contributed by atoms with Crippen molar-refractivity contribution in [3.05, 3.63) is 11.4 Å². The lowest BCUT2D eigenvalue weighted by molar-refractivity contribution is 0.117. The molecule has 1 atom stereocenters. The molecule has 1 fully saturated rings. The van der Waals surface area contributed by atoms with E-state index in [4.69, 9.17) is 4.74 Å².